The predicted molar refractivity (Wildman–Crippen MR) is 136 cm³/mol. The van der Waals surface area contributed by atoms with Crippen LogP contribution in [0, 0.1) is 0 Å². The molecule has 178 valence electrons. The maximum absolute atomic E-state index is 12.8. The quantitative estimate of drug-likeness (QED) is 0.446. The normalized spacial score (nSPS) is 15.1. The number of hydrogen-bond donors (Lipinski definition) is 3. The SMILES string of the molecule is CNS(=O)Oc1ccc(-c2ccc(N)c(NC(=O)c3ccc(N4CCN(C)CC4)cn3)c2)cc1. The fraction of sp³-hybridized carbons (Fsp3) is 0.250. The zero-order valence-corrected chi connectivity index (χ0v) is 20.0. The topological polar surface area (TPSA) is 113 Å². The van der Waals surface area contributed by atoms with Crippen LogP contribution in [0.25, 0.3) is 11.1 Å². The van der Waals surface area contributed by atoms with E-state index in [2.05, 4.69) is 31.9 Å². The average molecular weight is 481 g/mol. The molecule has 0 bridgehead atoms. The van der Waals surface area contributed by atoms with Gasteiger partial charge in [0, 0.05) is 26.2 Å². The van der Waals surface area contributed by atoms with Crippen molar-refractivity contribution in [3.05, 3.63) is 66.5 Å². The van der Waals surface area contributed by atoms with Crippen LogP contribution in [-0.2, 0) is 11.3 Å². The number of pyridine rings is 1. The summed E-state index contributed by atoms with van der Waals surface area (Å²) in [5, 5.41) is 2.87. The van der Waals surface area contributed by atoms with Gasteiger partial charge in [-0.25, -0.2) is 9.71 Å². The molecular formula is C24H28N6O3S. The van der Waals surface area contributed by atoms with E-state index in [0.717, 1.165) is 43.0 Å². The van der Waals surface area contributed by atoms with Crippen molar-refractivity contribution < 1.29 is 13.2 Å². The summed E-state index contributed by atoms with van der Waals surface area (Å²) in [5.74, 6) is 0.151. The third kappa shape index (κ3) is 5.71. The zero-order chi connectivity index (χ0) is 24.1. The molecule has 1 saturated heterocycles. The predicted octanol–water partition coefficient (Wildman–Crippen LogP) is 2.51. The summed E-state index contributed by atoms with van der Waals surface area (Å²) >= 11 is -1.59. The van der Waals surface area contributed by atoms with Gasteiger partial charge in [-0.15, -0.1) is 0 Å². The number of nitrogens with one attached hydrogen (secondary N) is 2. The van der Waals surface area contributed by atoms with Gasteiger partial charge in [0.15, 0.2) is 0 Å². The number of nitrogens with two attached hydrogens (primary N) is 1. The number of nitrogens with zero attached hydrogens (tertiary/aromatic N) is 3. The molecule has 1 aromatic heterocycles. The molecule has 1 unspecified atom stereocenters. The Morgan fingerprint density at radius 3 is 2.38 bits per heavy atom. The van der Waals surface area contributed by atoms with Crippen LogP contribution in [0.4, 0.5) is 17.1 Å². The molecule has 2 aromatic carbocycles. The molecule has 4 N–H and O–H groups in total. The Kier molecular flexibility index (Phi) is 7.41. The van der Waals surface area contributed by atoms with Crippen LogP contribution >= 0.6 is 0 Å². The largest absolute Gasteiger partial charge is 0.397 e. The summed E-state index contributed by atoms with van der Waals surface area (Å²) in [6.07, 6.45) is 1.74. The molecule has 1 fully saturated rings. The van der Waals surface area contributed by atoms with Crippen molar-refractivity contribution in [2.45, 2.75) is 0 Å². The lowest BCUT2D eigenvalue weighted by Crippen LogP contribution is -2.44. The number of anilines is 3. The highest BCUT2D eigenvalue weighted by molar-refractivity contribution is 7.78. The van der Waals surface area contributed by atoms with Crippen molar-refractivity contribution in [3.8, 4) is 16.9 Å². The first-order chi connectivity index (χ1) is 16.4. The second-order valence-corrected chi connectivity index (χ2v) is 9.04. The molecule has 9 nitrogen and oxygen atoms in total. The van der Waals surface area contributed by atoms with Gasteiger partial charge in [-0.1, -0.05) is 18.2 Å². The molecule has 4 rings (SSSR count). The molecule has 0 aliphatic carbocycles. The van der Waals surface area contributed by atoms with Crippen LogP contribution in [0.5, 0.6) is 5.75 Å². The van der Waals surface area contributed by atoms with Crippen molar-refractivity contribution >= 4 is 34.2 Å². The zero-order valence-electron chi connectivity index (χ0n) is 19.2. The molecule has 1 aliphatic heterocycles. The maximum atomic E-state index is 12.8. The molecule has 34 heavy (non-hydrogen) atoms. The van der Waals surface area contributed by atoms with Gasteiger partial charge in [0.25, 0.3) is 17.2 Å². The van der Waals surface area contributed by atoms with Gasteiger partial charge < -0.3 is 25.0 Å². The molecule has 10 heteroatoms. The fourth-order valence-electron chi connectivity index (χ4n) is 3.63. The average Bonchev–Trinajstić information content (AvgIpc) is 2.86. The lowest BCUT2D eigenvalue weighted by atomic mass is 10.0. The van der Waals surface area contributed by atoms with Crippen LogP contribution in [0.2, 0.25) is 0 Å². The van der Waals surface area contributed by atoms with Crippen LogP contribution in [0.15, 0.2) is 60.8 Å². The number of aromatic nitrogens is 1. The minimum absolute atomic E-state index is 0.321. The molecule has 0 saturated carbocycles. The lowest BCUT2D eigenvalue weighted by Gasteiger charge is -2.33. The van der Waals surface area contributed by atoms with E-state index in [0.29, 0.717) is 22.8 Å². The lowest BCUT2D eigenvalue weighted by molar-refractivity contribution is 0.102. The number of carbonyl (C=O) groups excluding carboxylic acids is 1. The molecule has 0 radical (unpaired) electrons. The van der Waals surface area contributed by atoms with E-state index in [4.69, 9.17) is 9.92 Å². The number of hydrogen-bond acceptors (Lipinski definition) is 7. The van der Waals surface area contributed by atoms with Gasteiger partial charge in [-0.2, -0.15) is 4.21 Å². The number of carbonyl (C=O) groups is 1. The highest BCUT2D eigenvalue weighted by atomic mass is 32.2. The Balaban J connectivity index is 1.45. The Labute approximate surface area is 201 Å². The third-order valence-electron chi connectivity index (χ3n) is 5.68. The van der Waals surface area contributed by atoms with Gasteiger partial charge in [-0.3, -0.25) is 4.79 Å². The summed E-state index contributed by atoms with van der Waals surface area (Å²) < 4.78 is 19.2. The number of amides is 1. The van der Waals surface area contributed by atoms with Crippen LogP contribution < -0.4 is 24.9 Å². The highest BCUT2D eigenvalue weighted by Gasteiger charge is 2.16. The van der Waals surface area contributed by atoms with Crippen molar-refractivity contribution in [2.24, 2.45) is 0 Å². The van der Waals surface area contributed by atoms with Crippen LogP contribution in [0.1, 0.15) is 10.5 Å². The number of piperazine rings is 1. The van der Waals surface area contributed by atoms with E-state index < -0.39 is 11.3 Å². The van der Waals surface area contributed by atoms with Crippen LogP contribution in [-0.4, -0.2) is 60.3 Å². The summed E-state index contributed by atoms with van der Waals surface area (Å²) in [5.41, 5.74) is 10.2. The molecule has 3 aromatic rings. The minimum atomic E-state index is -1.59. The highest BCUT2D eigenvalue weighted by Crippen LogP contribution is 2.29. The van der Waals surface area contributed by atoms with Crippen LogP contribution in [0.3, 0.4) is 0 Å². The monoisotopic (exact) mass is 480 g/mol. The first-order valence-corrected chi connectivity index (χ1v) is 12.0. The molecule has 2 heterocycles. The third-order valence-corrected chi connectivity index (χ3v) is 6.35. The molecular weight excluding hydrogens is 452 g/mol. The van der Waals surface area contributed by atoms with Gasteiger partial charge in [0.1, 0.15) is 11.4 Å². The molecule has 0 spiro atoms. The Bertz CT molecular complexity index is 1160. The van der Waals surface area contributed by atoms with E-state index in [1.807, 2.05) is 30.3 Å². The molecule has 1 aliphatic rings. The fourth-order valence-corrected chi connectivity index (χ4v) is 4.00. The number of nitrogen functional groups attached to an aromatic ring is 1. The second kappa shape index (κ2) is 10.6. The minimum Gasteiger partial charge on any atom is -0.397 e. The smallest absolute Gasteiger partial charge is 0.287 e. The van der Waals surface area contributed by atoms with E-state index >= 15 is 0 Å². The first kappa shape index (κ1) is 23.7. The Morgan fingerprint density at radius 1 is 1.03 bits per heavy atom. The first-order valence-electron chi connectivity index (χ1n) is 10.9. The van der Waals surface area contributed by atoms with Crippen molar-refractivity contribution in [2.75, 3.05) is 56.2 Å². The molecule has 1 amide bonds. The Morgan fingerprint density at radius 2 is 1.74 bits per heavy atom. The van der Waals surface area contributed by atoms with Crippen molar-refractivity contribution in [1.29, 1.82) is 0 Å². The Hall–Kier alpha value is -3.47. The molecule has 1 atom stereocenters. The standard InChI is InChI=1S/C24H28N6O3S/c1-26-34(32)33-20-7-3-17(4-8-20)18-5-9-21(25)23(15-18)28-24(31)22-10-6-19(16-27-22)30-13-11-29(2)12-14-30/h3-10,15-16,26H,11-14,25H2,1-2H3,(H,28,31). The summed E-state index contributed by atoms with van der Waals surface area (Å²) in [6.45, 7) is 3.88. The van der Waals surface area contributed by atoms with E-state index in [9.17, 15) is 9.00 Å². The van der Waals surface area contributed by atoms with Gasteiger partial charge >= 0.3 is 0 Å². The second-order valence-electron chi connectivity index (χ2n) is 7.99. The van der Waals surface area contributed by atoms with Crippen molar-refractivity contribution in [3.63, 3.8) is 0 Å². The number of benzene rings is 2. The number of likely N-dealkylation sites (N-methyl/N-ethyl adjacent to an activating group) is 1. The van der Waals surface area contributed by atoms with Gasteiger partial charge in [0.05, 0.1) is 23.3 Å². The van der Waals surface area contributed by atoms with Gasteiger partial charge in [0.2, 0.25) is 0 Å². The van der Waals surface area contributed by atoms with Gasteiger partial charge in [-0.05, 0) is 61.6 Å². The van der Waals surface area contributed by atoms with E-state index in [-0.39, 0.29) is 5.91 Å². The van der Waals surface area contributed by atoms with E-state index in [1.165, 1.54) is 0 Å². The number of rotatable bonds is 7. The summed E-state index contributed by atoms with van der Waals surface area (Å²) in [7, 11) is 3.66. The maximum Gasteiger partial charge on any atom is 0.287 e. The summed E-state index contributed by atoms with van der Waals surface area (Å²) in [6, 6.07) is 16.2. The van der Waals surface area contributed by atoms with Crippen molar-refractivity contribution in [1.82, 2.24) is 14.6 Å². The summed E-state index contributed by atoms with van der Waals surface area (Å²) in [4.78, 5) is 21.7. The van der Waals surface area contributed by atoms with E-state index in [1.54, 1.807) is 37.5 Å².